The molecule has 0 aromatic carbocycles. The van der Waals surface area contributed by atoms with E-state index in [0.29, 0.717) is 26.1 Å². The highest BCUT2D eigenvalue weighted by atomic mass is 16.6. The second-order valence-electron chi connectivity index (χ2n) is 8.25. The number of likely N-dealkylation sites (N-methyl/N-ethyl adjacent to an activating group) is 1. The molecule has 0 aromatic heterocycles. The van der Waals surface area contributed by atoms with E-state index >= 15 is 0 Å². The van der Waals surface area contributed by atoms with Crippen LogP contribution in [-0.2, 0) is 9.53 Å². The lowest BCUT2D eigenvalue weighted by molar-refractivity contribution is -0.126. The number of ether oxygens (including phenoxy) is 1. The second-order valence-corrected chi connectivity index (χ2v) is 8.25. The van der Waals surface area contributed by atoms with Crippen LogP contribution in [0, 0.1) is 11.8 Å². The molecule has 0 N–H and O–H groups in total. The zero-order chi connectivity index (χ0) is 18.9. The lowest BCUT2D eigenvalue weighted by atomic mass is 9.86. The molecule has 1 saturated heterocycles. The van der Waals surface area contributed by atoms with E-state index in [4.69, 9.17) is 4.74 Å². The summed E-state index contributed by atoms with van der Waals surface area (Å²) in [6.45, 7) is 7.51. The number of amides is 2. The Labute approximate surface area is 155 Å². The van der Waals surface area contributed by atoms with Gasteiger partial charge in [-0.15, -0.1) is 0 Å². The summed E-state index contributed by atoms with van der Waals surface area (Å²) >= 11 is 0. The molecule has 3 rings (SSSR count). The molecular formula is C21H28N2O3. The molecule has 2 heterocycles. The number of hydrogen-bond acceptors (Lipinski definition) is 3. The molecule has 26 heavy (non-hydrogen) atoms. The highest BCUT2D eigenvalue weighted by Gasteiger charge is 2.42. The van der Waals surface area contributed by atoms with Crippen LogP contribution in [0.25, 0.3) is 0 Å². The Morgan fingerprint density at radius 2 is 1.85 bits per heavy atom. The van der Waals surface area contributed by atoms with Crippen LogP contribution in [0.3, 0.4) is 0 Å². The summed E-state index contributed by atoms with van der Waals surface area (Å²) in [4.78, 5) is 29.0. The van der Waals surface area contributed by atoms with Crippen molar-refractivity contribution in [2.45, 2.75) is 32.8 Å². The van der Waals surface area contributed by atoms with Crippen molar-refractivity contribution < 1.29 is 14.3 Å². The minimum Gasteiger partial charge on any atom is -0.444 e. The highest BCUT2D eigenvalue weighted by Crippen LogP contribution is 2.37. The van der Waals surface area contributed by atoms with Crippen molar-refractivity contribution in [2.75, 3.05) is 26.7 Å². The molecule has 2 amide bonds. The number of fused-ring (bicyclic) bond motifs is 2. The third-order valence-electron chi connectivity index (χ3n) is 5.02. The van der Waals surface area contributed by atoms with Gasteiger partial charge in [-0.1, -0.05) is 36.5 Å². The number of carbonyl (C=O) groups is 2. The molecule has 0 bridgehead atoms. The van der Waals surface area contributed by atoms with Crippen molar-refractivity contribution >= 4 is 12.0 Å². The van der Waals surface area contributed by atoms with E-state index in [1.807, 2.05) is 64.3 Å². The fourth-order valence-electron chi connectivity index (χ4n) is 3.88. The van der Waals surface area contributed by atoms with E-state index in [9.17, 15) is 9.59 Å². The van der Waals surface area contributed by atoms with E-state index in [0.717, 1.165) is 11.1 Å². The monoisotopic (exact) mass is 356 g/mol. The van der Waals surface area contributed by atoms with Crippen LogP contribution < -0.4 is 0 Å². The summed E-state index contributed by atoms with van der Waals surface area (Å²) in [5.41, 5.74) is 1.39. The van der Waals surface area contributed by atoms with E-state index in [-0.39, 0.29) is 23.8 Å². The molecule has 1 fully saturated rings. The zero-order valence-corrected chi connectivity index (χ0v) is 16.1. The molecular weight excluding hydrogens is 328 g/mol. The van der Waals surface area contributed by atoms with Crippen LogP contribution in [0.1, 0.15) is 27.2 Å². The van der Waals surface area contributed by atoms with Gasteiger partial charge in [-0.2, -0.15) is 0 Å². The average Bonchev–Trinajstić information content (AvgIpc) is 2.96. The highest BCUT2D eigenvalue weighted by molar-refractivity contribution is 5.95. The Kier molecular flexibility index (Phi) is 5.08. The lowest BCUT2D eigenvalue weighted by Crippen LogP contribution is -2.37. The van der Waals surface area contributed by atoms with Crippen molar-refractivity contribution in [1.82, 2.24) is 9.80 Å². The maximum Gasteiger partial charge on any atom is 0.410 e. The van der Waals surface area contributed by atoms with E-state index in [2.05, 4.69) is 0 Å². The van der Waals surface area contributed by atoms with Gasteiger partial charge in [0, 0.05) is 44.1 Å². The molecule has 140 valence electrons. The van der Waals surface area contributed by atoms with Crippen LogP contribution >= 0.6 is 0 Å². The third-order valence-corrected chi connectivity index (χ3v) is 5.02. The number of allylic oxidation sites excluding steroid dienone is 6. The summed E-state index contributed by atoms with van der Waals surface area (Å²) in [6, 6.07) is 0. The quantitative estimate of drug-likeness (QED) is 0.669. The van der Waals surface area contributed by atoms with E-state index in [1.165, 1.54) is 0 Å². The number of hydrogen-bond donors (Lipinski definition) is 0. The number of rotatable bonds is 0. The summed E-state index contributed by atoms with van der Waals surface area (Å²) in [7, 11) is 1.85. The van der Waals surface area contributed by atoms with Crippen molar-refractivity contribution in [2.24, 2.45) is 11.8 Å². The molecule has 0 radical (unpaired) electrons. The molecule has 5 heteroatoms. The molecule has 5 nitrogen and oxygen atoms in total. The Morgan fingerprint density at radius 3 is 2.58 bits per heavy atom. The number of likely N-dealkylation sites (tertiary alicyclic amines) is 1. The average molecular weight is 356 g/mol. The van der Waals surface area contributed by atoms with Gasteiger partial charge in [-0.05, 0) is 32.8 Å². The van der Waals surface area contributed by atoms with Gasteiger partial charge in [0.2, 0.25) is 5.91 Å². The smallest absolute Gasteiger partial charge is 0.410 e. The first-order chi connectivity index (χ1) is 12.3. The Hall–Kier alpha value is -2.30. The maximum absolute atomic E-state index is 12.9. The Bertz CT molecular complexity index is 709. The fourth-order valence-corrected chi connectivity index (χ4v) is 3.88. The molecule has 2 atom stereocenters. The van der Waals surface area contributed by atoms with Gasteiger partial charge in [0.25, 0.3) is 0 Å². The van der Waals surface area contributed by atoms with Crippen LogP contribution in [-0.4, -0.2) is 54.1 Å². The third kappa shape index (κ3) is 3.92. The summed E-state index contributed by atoms with van der Waals surface area (Å²) < 4.78 is 5.56. The molecule has 0 saturated carbocycles. The van der Waals surface area contributed by atoms with Crippen molar-refractivity contribution in [3.05, 3.63) is 47.6 Å². The number of nitrogens with zero attached hydrogens (tertiary/aromatic N) is 2. The topological polar surface area (TPSA) is 49.9 Å². The first-order valence-electron chi connectivity index (χ1n) is 9.22. The summed E-state index contributed by atoms with van der Waals surface area (Å²) in [6.07, 6.45) is 12.3. The van der Waals surface area contributed by atoms with Crippen molar-refractivity contribution in [1.29, 1.82) is 0 Å². The molecule has 3 aliphatic rings. The minimum atomic E-state index is -0.507. The van der Waals surface area contributed by atoms with Gasteiger partial charge in [-0.25, -0.2) is 4.79 Å². The maximum atomic E-state index is 12.9. The molecule has 0 aromatic rings. The SMILES string of the molecule is CN1CC2CN(C(=O)OC(C)(C)C)CC2C2=C(C\C=C/C=C\C=C/2)C1=O. The molecule has 2 aliphatic heterocycles. The van der Waals surface area contributed by atoms with Crippen LogP contribution in [0.4, 0.5) is 4.79 Å². The molecule has 2 unspecified atom stereocenters. The second kappa shape index (κ2) is 7.14. The van der Waals surface area contributed by atoms with E-state index < -0.39 is 5.60 Å². The van der Waals surface area contributed by atoms with Gasteiger partial charge < -0.3 is 14.5 Å². The minimum absolute atomic E-state index is 0.0921. The number of carbonyl (C=O) groups excluding carboxylic acids is 2. The van der Waals surface area contributed by atoms with Crippen molar-refractivity contribution in [3.63, 3.8) is 0 Å². The van der Waals surface area contributed by atoms with E-state index in [1.54, 1.807) is 9.80 Å². The molecule has 0 spiro atoms. The lowest BCUT2D eigenvalue weighted by Gasteiger charge is -2.25. The normalized spacial score (nSPS) is 29.8. The summed E-state index contributed by atoms with van der Waals surface area (Å²) in [5, 5.41) is 0. The van der Waals surface area contributed by atoms with Crippen LogP contribution in [0.15, 0.2) is 47.6 Å². The van der Waals surface area contributed by atoms with Crippen LogP contribution in [0.2, 0.25) is 0 Å². The molecule has 1 aliphatic carbocycles. The predicted octanol–water partition coefficient (Wildman–Crippen LogP) is 3.31. The summed E-state index contributed by atoms with van der Waals surface area (Å²) in [5.74, 6) is 0.472. The first kappa shape index (κ1) is 18.5. The van der Waals surface area contributed by atoms with Crippen molar-refractivity contribution in [3.8, 4) is 0 Å². The van der Waals surface area contributed by atoms with Gasteiger partial charge in [0.05, 0.1) is 0 Å². The largest absolute Gasteiger partial charge is 0.444 e. The standard InChI is InChI=1S/C21H28N2O3/c1-21(2,3)26-20(25)23-13-15-12-22(4)19(24)17-11-9-7-5-6-8-10-16(17)18(15)14-23/h5-10,15,18H,11-14H2,1-4H3/b6-5-,9-7-,10-8-. The van der Waals surface area contributed by atoms with Crippen LogP contribution in [0.5, 0.6) is 0 Å². The zero-order valence-electron chi connectivity index (χ0n) is 16.1. The predicted molar refractivity (Wildman–Crippen MR) is 101 cm³/mol. The van der Waals surface area contributed by atoms with Gasteiger partial charge in [0.1, 0.15) is 5.60 Å². The Morgan fingerprint density at radius 1 is 1.12 bits per heavy atom. The first-order valence-corrected chi connectivity index (χ1v) is 9.22. The van der Waals surface area contributed by atoms with Gasteiger partial charge in [0.15, 0.2) is 0 Å². The fraction of sp³-hybridized carbons (Fsp3) is 0.524. The van der Waals surface area contributed by atoms with Gasteiger partial charge in [-0.3, -0.25) is 4.79 Å². The van der Waals surface area contributed by atoms with Gasteiger partial charge >= 0.3 is 6.09 Å². The Balaban J connectivity index is 1.92.